The zero-order chi connectivity index (χ0) is 12.8. The molecule has 0 aromatic carbocycles. The summed E-state index contributed by atoms with van der Waals surface area (Å²) in [5, 5.41) is 2.64. The van der Waals surface area contributed by atoms with Gasteiger partial charge < -0.3 is 10.1 Å². The van der Waals surface area contributed by atoms with Crippen LogP contribution in [0.15, 0.2) is 12.1 Å². The topological polar surface area (TPSA) is 68.3 Å². The minimum atomic E-state index is -0.578. The molecule has 0 radical (unpaired) electrons. The van der Waals surface area contributed by atoms with Crippen LogP contribution in [0.3, 0.4) is 0 Å². The van der Waals surface area contributed by atoms with Crippen molar-refractivity contribution in [3.05, 3.63) is 28.0 Å². The van der Waals surface area contributed by atoms with Gasteiger partial charge in [0.05, 0.1) is 11.6 Å². The van der Waals surface area contributed by atoms with Gasteiger partial charge in [0.1, 0.15) is 17.4 Å². The Labute approximate surface area is 108 Å². The Hall–Kier alpha value is -1.33. The summed E-state index contributed by atoms with van der Waals surface area (Å²) in [7, 11) is 0. The van der Waals surface area contributed by atoms with E-state index in [0.29, 0.717) is 0 Å². The maximum Gasteiger partial charge on any atom is 0.325 e. The van der Waals surface area contributed by atoms with Crippen LogP contribution in [0.2, 0.25) is 10.2 Å². The van der Waals surface area contributed by atoms with Gasteiger partial charge in [-0.15, -0.1) is 0 Å². The van der Waals surface area contributed by atoms with E-state index in [1.165, 1.54) is 12.1 Å². The largest absolute Gasteiger partial charge is 0.465 e. The Bertz CT molecular complexity index is 438. The fraction of sp³-hybridized carbons (Fsp3) is 0.300. The van der Waals surface area contributed by atoms with Crippen LogP contribution in [0.5, 0.6) is 0 Å². The van der Waals surface area contributed by atoms with E-state index < -0.39 is 11.9 Å². The van der Waals surface area contributed by atoms with Crippen molar-refractivity contribution in [2.75, 3.05) is 13.2 Å². The molecule has 0 aliphatic rings. The monoisotopic (exact) mass is 276 g/mol. The average molecular weight is 277 g/mol. The van der Waals surface area contributed by atoms with Crippen molar-refractivity contribution in [1.82, 2.24) is 10.3 Å². The summed E-state index contributed by atoms with van der Waals surface area (Å²) in [5.74, 6) is -1.11. The molecule has 1 heterocycles. The molecule has 0 fully saturated rings. The van der Waals surface area contributed by atoms with Crippen molar-refractivity contribution in [3.63, 3.8) is 0 Å². The third kappa shape index (κ3) is 4.20. The van der Waals surface area contributed by atoms with Gasteiger partial charge in [0.25, 0.3) is 5.91 Å². The fourth-order valence-corrected chi connectivity index (χ4v) is 1.36. The highest BCUT2D eigenvalue weighted by molar-refractivity contribution is 6.34. The van der Waals surface area contributed by atoms with E-state index in [1.807, 2.05) is 0 Å². The first kappa shape index (κ1) is 13.7. The minimum Gasteiger partial charge on any atom is -0.465 e. The first-order valence-corrected chi connectivity index (χ1v) is 5.56. The van der Waals surface area contributed by atoms with E-state index in [0.717, 1.165) is 0 Å². The number of hydrogen-bond donors (Lipinski definition) is 1. The zero-order valence-corrected chi connectivity index (χ0v) is 10.5. The molecule has 0 atom stereocenters. The number of hydrogen-bond acceptors (Lipinski definition) is 4. The summed E-state index contributed by atoms with van der Waals surface area (Å²) in [6.45, 7) is 1.69. The molecule has 5 nitrogen and oxygen atoms in total. The Morgan fingerprint density at radius 3 is 2.76 bits per heavy atom. The molecule has 1 amide bonds. The second kappa shape index (κ2) is 6.42. The number of ether oxygens (including phenoxy) is 1. The molecule has 0 saturated carbocycles. The Morgan fingerprint density at radius 2 is 2.12 bits per heavy atom. The van der Waals surface area contributed by atoms with E-state index in [-0.39, 0.29) is 29.0 Å². The van der Waals surface area contributed by atoms with Crippen LogP contribution in [0.4, 0.5) is 0 Å². The highest BCUT2D eigenvalue weighted by Crippen LogP contribution is 2.16. The highest BCUT2D eigenvalue weighted by atomic mass is 35.5. The van der Waals surface area contributed by atoms with Gasteiger partial charge in [-0.1, -0.05) is 23.2 Å². The van der Waals surface area contributed by atoms with Gasteiger partial charge in [-0.3, -0.25) is 9.59 Å². The summed E-state index contributed by atoms with van der Waals surface area (Å²) < 4.78 is 4.65. The van der Waals surface area contributed by atoms with Crippen molar-refractivity contribution in [3.8, 4) is 0 Å². The van der Waals surface area contributed by atoms with Gasteiger partial charge in [-0.05, 0) is 19.1 Å². The molecule has 0 spiro atoms. The molecule has 1 aromatic rings. The Kier molecular flexibility index (Phi) is 5.18. The maximum absolute atomic E-state index is 11.6. The van der Waals surface area contributed by atoms with Crippen molar-refractivity contribution in [1.29, 1.82) is 0 Å². The first-order valence-electron chi connectivity index (χ1n) is 4.80. The third-order valence-corrected chi connectivity index (χ3v) is 2.24. The molecular weight excluding hydrogens is 267 g/mol. The summed E-state index contributed by atoms with van der Waals surface area (Å²) in [6.07, 6.45) is 0. The number of pyridine rings is 1. The molecule has 1 rings (SSSR count). The summed E-state index contributed by atoms with van der Waals surface area (Å²) >= 11 is 11.4. The van der Waals surface area contributed by atoms with E-state index in [9.17, 15) is 9.59 Å². The van der Waals surface area contributed by atoms with Crippen LogP contribution in [0, 0.1) is 0 Å². The third-order valence-electron chi connectivity index (χ3n) is 1.73. The van der Waals surface area contributed by atoms with Gasteiger partial charge in [-0.2, -0.15) is 0 Å². The van der Waals surface area contributed by atoms with Crippen LogP contribution in [0.25, 0.3) is 0 Å². The van der Waals surface area contributed by atoms with Crippen molar-refractivity contribution < 1.29 is 14.3 Å². The Morgan fingerprint density at radius 1 is 1.41 bits per heavy atom. The number of nitrogens with one attached hydrogen (secondary N) is 1. The zero-order valence-electron chi connectivity index (χ0n) is 9.00. The number of nitrogens with zero attached hydrogens (tertiary/aromatic N) is 1. The number of halogens is 2. The lowest BCUT2D eigenvalue weighted by Crippen LogP contribution is -2.31. The number of carbonyl (C=O) groups is 2. The van der Waals surface area contributed by atoms with Gasteiger partial charge in [0.15, 0.2) is 0 Å². The quantitative estimate of drug-likeness (QED) is 0.671. The van der Waals surface area contributed by atoms with Gasteiger partial charge in [0, 0.05) is 0 Å². The number of aromatic nitrogens is 1. The van der Waals surface area contributed by atoms with Crippen molar-refractivity contribution in [2.24, 2.45) is 0 Å². The molecule has 1 N–H and O–H groups in total. The summed E-state index contributed by atoms with van der Waals surface area (Å²) in [6, 6.07) is 2.92. The molecule has 92 valence electrons. The predicted molar refractivity (Wildman–Crippen MR) is 63.2 cm³/mol. The predicted octanol–water partition coefficient (Wildman–Crippen LogP) is 1.68. The van der Waals surface area contributed by atoms with Crippen LogP contribution < -0.4 is 5.32 Å². The standard InChI is InChI=1S/C10H10Cl2N2O3/c1-2-17-8(15)5-13-10(16)9-6(11)3-4-7(12)14-9/h3-4H,2,5H2,1H3,(H,13,16). The lowest BCUT2D eigenvalue weighted by atomic mass is 10.3. The van der Waals surface area contributed by atoms with E-state index in [2.05, 4.69) is 15.0 Å². The van der Waals surface area contributed by atoms with E-state index in [1.54, 1.807) is 6.92 Å². The van der Waals surface area contributed by atoms with Gasteiger partial charge in [-0.25, -0.2) is 4.98 Å². The highest BCUT2D eigenvalue weighted by Gasteiger charge is 2.14. The normalized spacial score (nSPS) is 9.82. The molecule has 0 unspecified atom stereocenters. The lowest BCUT2D eigenvalue weighted by Gasteiger charge is -2.05. The second-order valence-corrected chi connectivity index (χ2v) is 3.75. The first-order chi connectivity index (χ1) is 8.04. The van der Waals surface area contributed by atoms with Crippen LogP contribution in [-0.2, 0) is 9.53 Å². The number of carbonyl (C=O) groups excluding carboxylic acids is 2. The molecule has 0 bridgehead atoms. The molecule has 7 heteroatoms. The minimum absolute atomic E-state index is 0.0246. The molecule has 0 aliphatic carbocycles. The van der Waals surface area contributed by atoms with Crippen molar-refractivity contribution >= 4 is 35.1 Å². The lowest BCUT2D eigenvalue weighted by molar-refractivity contribution is -0.141. The average Bonchev–Trinajstić information content (AvgIpc) is 2.29. The van der Waals surface area contributed by atoms with Crippen molar-refractivity contribution in [2.45, 2.75) is 6.92 Å². The van der Waals surface area contributed by atoms with Crippen LogP contribution >= 0.6 is 23.2 Å². The SMILES string of the molecule is CCOC(=O)CNC(=O)c1nc(Cl)ccc1Cl. The molecule has 1 aromatic heterocycles. The molecule has 0 saturated heterocycles. The van der Waals surface area contributed by atoms with Gasteiger partial charge >= 0.3 is 5.97 Å². The molecule has 17 heavy (non-hydrogen) atoms. The molecular formula is C10H10Cl2N2O3. The summed E-state index contributed by atoms with van der Waals surface area (Å²) in [4.78, 5) is 26.4. The maximum atomic E-state index is 11.6. The van der Waals surface area contributed by atoms with E-state index in [4.69, 9.17) is 23.2 Å². The van der Waals surface area contributed by atoms with Gasteiger partial charge in [0.2, 0.25) is 0 Å². The smallest absolute Gasteiger partial charge is 0.325 e. The number of amides is 1. The summed E-state index contributed by atoms with van der Waals surface area (Å²) in [5.41, 5.74) is -0.0246. The second-order valence-electron chi connectivity index (χ2n) is 2.95. The molecule has 0 aliphatic heterocycles. The number of esters is 1. The number of rotatable bonds is 4. The van der Waals surface area contributed by atoms with Crippen LogP contribution in [-0.4, -0.2) is 30.0 Å². The van der Waals surface area contributed by atoms with Crippen LogP contribution in [0.1, 0.15) is 17.4 Å². The Balaban J connectivity index is 2.64. The van der Waals surface area contributed by atoms with E-state index >= 15 is 0 Å². The fourth-order valence-electron chi connectivity index (χ4n) is 1.03.